The Hall–Kier alpha value is -0.860. The van der Waals surface area contributed by atoms with E-state index in [0.29, 0.717) is 12.8 Å². The van der Waals surface area contributed by atoms with Gasteiger partial charge in [-0.3, -0.25) is 13.8 Å². The van der Waals surface area contributed by atoms with Crippen molar-refractivity contribution in [2.75, 3.05) is 13.2 Å². The molecule has 1 aliphatic heterocycles. The van der Waals surface area contributed by atoms with Gasteiger partial charge in [0.1, 0.15) is 61.0 Å². The lowest BCUT2D eigenvalue weighted by atomic mass is 9.84. The number of aliphatic hydroxyl groups excluding tert-OH is 9. The molecule has 0 aromatic heterocycles. The molecule has 1 heterocycles. The summed E-state index contributed by atoms with van der Waals surface area (Å²) in [5.74, 6) is -0.365. The summed E-state index contributed by atoms with van der Waals surface area (Å²) in [4.78, 5) is 24.2. The molecule has 11 N–H and O–H groups in total. The number of amides is 1. The Morgan fingerprint density at radius 1 is 0.514 bits per heavy atom. The molecule has 1 saturated carbocycles. The minimum atomic E-state index is -5.31. The van der Waals surface area contributed by atoms with Crippen molar-refractivity contribution >= 4 is 13.7 Å². The summed E-state index contributed by atoms with van der Waals surface area (Å²) in [5, 5.41) is 97.4. The van der Waals surface area contributed by atoms with E-state index in [4.69, 9.17) is 18.5 Å². The summed E-state index contributed by atoms with van der Waals surface area (Å²) in [6.45, 7) is 2.96. The Balaban J connectivity index is 1.88. The molecule has 72 heavy (non-hydrogen) atoms. The third-order valence-corrected chi connectivity index (χ3v) is 15.8. The third-order valence-electron chi connectivity index (χ3n) is 14.8. The number of unbranched alkanes of at least 4 members (excludes halogenated alkanes) is 32. The van der Waals surface area contributed by atoms with Gasteiger partial charge >= 0.3 is 7.82 Å². The van der Waals surface area contributed by atoms with Crippen LogP contribution in [-0.4, -0.2) is 149 Å². The van der Waals surface area contributed by atoms with Gasteiger partial charge < -0.3 is 65.6 Å². The highest BCUT2D eigenvalue weighted by atomic mass is 31.2. The van der Waals surface area contributed by atoms with Gasteiger partial charge in [-0.1, -0.05) is 226 Å². The van der Waals surface area contributed by atoms with Crippen molar-refractivity contribution < 1.29 is 78.7 Å². The SMILES string of the molecule is CCCCCCCCCCCCCCCCCCCCCC(=O)N[C@@H](COP(=O)(O)O[C@H]1C(O)C(O)C(O)[C@@H](O)C1O[C@H]1O[C@H](CO)[C@@H](O)C(O)C1O)[C@H](O)CCCCCCCCCCCCCCCCC. The first kappa shape index (κ1) is 67.3. The lowest BCUT2D eigenvalue weighted by Crippen LogP contribution is -2.67. The zero-order valence-corrected chi connectivity index (χ0v) is 45.6. The molecule has 7 unspecified atom stereocenters. The first-order valence-corrected chi connectivity index (χ1v) is 30.5. The van der Waals surface area contributed by atoms with E-state index in [9.17, 15) is 60.2 Å². The average Bonchev–Trinajstić information content (AvgIpc) is 3.36. The molecule has 0 spiro atoms. The number of hydrogen-bond acceptors (Lipinski definition) is 15. The molecule has 17 nitrogen and oxygen atoms in total. The minimum Gasteiger partial charge on any atom is -0.394 e. The second-order valence-electron chi connectivity index (χ2n) is 21.2. The summed E-state index contributed by atoms with van der Waals surface area (Å²) in [6.07, 6.45) is 18.6. The van der Waals surface area contributed by atoms with Crippen LogP contribution in [0.15, 0.2) is 0 Å². The highest BCUT2D eigenvalue weighted by Crippen LogP contribution is 2.48. The normalized spacial score (nSPS) is 27.4. The molecule has 2 aliphatic rings. The second kappa shape index (κ2) is 41.3. The third kappa shape index (κ3) is 28.5. The van der Waals surface area contributed by atoms with Crippen molar-refractivity contribution in [3.8, 4) is 0 Å². The maximum atomic E-state index is 13.5. The fourth-order valence-electron chi connectivity index (χ4n) is 9.97. The minimum absolute atomic E-state index is 0.178. The van der Waals surface area contributed by atoms with Gasteiger partial charge in [-0.25, -0.2) is 4.57 Å². The Bertz CT molecular complexity index is 1350. The van der Waals surface area contributed by atoms with Crippen LogP contribution in [0.25, 0.3) is 0 Å². The predicted octanol–water partition coefficient (Wildman–Crippen LogP) is 8.06. The lowest BCUT2D eigenvalue weighted by molar-refractivity contribution is -0.338. The van der Waals surface area contributed by atoms with E-state index in [1.807, 2.05) is 0 Å². The van der Waals surface area contributed by atoms with E-state index in [1.54, 1.807) is 0 Å². The van der Waals surface area contributed by atoms with E-state index in [-0.39, 0.29) is 18.7 Å². The number of phosphoric acid groups is 1. The van der Waals surface area contributed by atoms with Gasteiger partial charge in [-0.15, -0.1) is 0 Å². The van der Waals surface area contributed by atoms with Crippen LogP contribution in [0, 0.1) is 0 Å². The average molecular weight is 1060 g/mol. The molecular formula is C54H106NO16P. The summed E-state index contributed by atoms with van der Waals surface area (Å²) in [7, 11) is -5.31. The van der Waals surface area contributed by atoms with Crippen molar-refractivity contribution in [3.63, 3.8) is 0 Å². The number of ether oxygens (including phenoxy) is 2. The van der Waals surface area contributed by atoms with Gasteiger partial charge in [0.05, 0.1) is 25.4 Å². The molecule has 1 saturated heterocycles. The second-order valence-corrected chi connectivity index (χ2v) is 22.6. The Morgan fingerprint density at radius 2 is 0.875 bits per heavy atom. The number of aliphatic hydroxyl groups is 9. The number of rotatable bonds is 46. The number of nitrogens with one attached hydrogen (secondary N) is 1. The quantitative estimate of drug-likeness (QED) is 0.0203. The maximum absolute atomic E-state index is 13.5. The highest BCUT2D eigenvalue weighted by molar-refractivity contribution is 7.47. The number of hydrogen-bond donors (Lipinski definition) is 11. The van der Waals surface area contributed by atoms with Crippen LogP contribution in [0.1, 0.15) is 245 Å². The van der Waals surface area contributed by atoms with E-state index < -0.39 is 101 Å². The number of phosphoric ester groups is 1. The van der Waals surface area contributed by atoms with Gasteiger partial charge in [-0.2, -0.15) is 0 Å². The molecule has 1 amide bonds. The Kier molecular flexibility index (Phi) is 38.5. The molecule has 14 atom stereocenters. The highest BCUT2D eigenvalue weighted by Gasteiger charge is 2.55. The van der Waals surface area contributed by atoms with Crippen molar-refractivity contribution in [1.82, 2.24) is 5.32 Å². The molecular weight excluding hydrogens is 950 g/mol. The zero-order chi connectivity index (χ0) is 53.0. The van der Waals surface area contributed by atoms with Gasteiger partial charge in [0.2, 0.25) is 5.91 Å². The van der Waals surface area contributed by atoms with E-state index >= 15 is 0 Å². The Labute approximate surface area is 434 Å². The van der Waals surface area contributed by atoms with Crippen molar-refractivity contribution in [2.45, 2.75) is 324 Å². The van der Waals surface area contributed by atoms with Gasteiger partial charge in [0.25, 0.3) is 0 Å². The van der Waals surface area contributed by atoms with Gasteiger partial charge in [-0.05, 0) is 12.8 Å². The first-order valence-electron chi connectivity index (χ1n) is 29.0. The monoisotopic (exact) mass is 1060 g/mol. The molecule has 0 aromatic rings. The zero-order valence-electron chi connectivity index (χ0n) is 44.7. The molecule has 18 heteroatoms. The maximum Gasteiger partial charge on any atom is 0.472 e. The molecule has 428 valence electrons. The van der Waals surface area contributed by atoms with Crippen LogP contribution in [0.4, 0.5) is 0 Å². The van der Waals surface area contributed by atoms with E-state index in [0.717, 1.165) is 51.4 Å². The molecule has 0 radical (unpaired) electrons. The van der Waals surface area contributed by atoms with Crippen molar-refractivity contribution in [2.24, 2.45) is 0 Å². The van der Waals surface area contributed by atoms with Crippen molar-refractivity contribution in [1.29, 1.82) is 0 Å². The van der Waals surface area contributed by atoms with Crippen LogP contribution in [0.2, 0.25) is 0 Å². The summed E-state index contributed by atoms with van der Waals surface area (Å²) in [6, 6.07) is -1.14. The fourth-order valence-corrected chi connectivity index (χ4v) is 10.9. The largest absolute Gasteiger partial charge is 0.472 e. The number of carbonyl (C=O) groups is 1. The fraction of sp³-hybridized carbons (Fsp3) is 0.981. The van der Waals surface area contributed by atoms with E-state index in [1.165, 1.54) is 154 Å². The van der Waals surface area contributed by atoms with Crippen LogP contribution in [0.5, 0.6) is 0 Å². The summed E-state index contributed by atoms with van der Waals surface area (Å²) in [5.41, 5.74) is 0. The van der Waals surface area contributed by atoms with Crippen molar-refractivity contribution in [3.05, 3.63) is 0 Å². The first-order chi connectivity index (χ1) is 34.7. The van der Waals surface area contributed by atoms with Crippen LogP contribution < -0.4 is 5.32 Å². The molecule has 0 aromatic carbocycles. The molecule has 0 bridgehead atoms. The molecule has 2 rings (SSSR count). The van der Waals surface area contributed by atoms with Gasteiger partial charge in [0, 0.05) is 6.42 Å². The van der Waals surface area contributed by atoms with Crippen LogP contribution >= 0.6 is 7.82 Å². The van der Waals surface area contributed by atoms with Gasteiger partial charge in [0.15, 0.2) is 6.29 Å². The topological polar surface area (TPSA) is 285 Å². The van der Waals surface area contributed by atoms with Crippen LogP contribution in [0.3, 0.4) is 0 Å². The standard InChI is InChI=1S/C54H106NO16P/c1-3-5-7-9-11-13-15-17-19-20-21-22-24-26-28-30-32-34-36-38-44(58)55-41(42(57)37-35-33-31-29-27-25-23-18-16-14-12-10-8-6-4-2)40-68-72(66,67)71-53-50(64)48(62)47(61)49(63)52(53)70-54-51(65)46(60)45(59)43(39-56)69-54/h41-43,45-54,56-57,59-65H,3-40H2,1-2H3,(H,55,58)(H,66,67)/t41-,42+,43+,45+,46?,47?,48?,49+,50?,51?,52?,53-,54+/m0/s1. The van der Waals surface area contributed by atoms with Crippen LogP contribution in [-0.2, 0) is 27.9 Å². The molecule has 2 fully saturated rings. The lowest BCUT2D eigenvalue weighted by Gasteiger charge is -2.47. The number of carbonyl (C=O) groups excluding carboxylic acids is 1. The summed E-state index contributed by atoms with van der Waals surface area (Å²) >= 11 is 0. The smallest absolute Gasteiger partial charge is 0.394 e. The predicted molar refractivity (Wildman–Crippen MR) is 279 cm³/mol. The Morgan fingerprint density at radius 3 is 1.28 bits per heavy atom. The molecule has 1 aliphatic carbocycles. The van der Waals surface area contributed by atoms with E-state index in [2.05, 4.69) is 19.2 Å². The summed E-state index contributed by atoms with van der Waals surface area (Å²) < 4.78 is 35.0.